The lowest BCUT2D eigenvalue weighted by Gasteiger charge is -2.07. The van der Waals surface area contributed by atoms with Crippen LogP contribution < -0.4 is 10.1 Å². The summed E-state index contributed by atoms with van der Waals surface area (Å²) in [5.74, 6) is 0.888. The third kappa shape index (κ3) is 3.52. The second-order valence-electron chi connectivity index (χ2n) is 4.74. The van der Waals surface area contributed by atoms with E-state index in [1.807, 2.05) is 30.8 Å². The third-order valence-corrected chi connectivity index (χ3v) is 3.80. The zero-order chi connectivity index (χ0) is 14.5. The number of methoxy groups -OCH3 is 1. The molecule has 4 nitrogen and oxygen atoms in total. The number of aryl methyl sites for hydroxylation is 2. The molecule has 2 aromatic rings. The topological polar surface area (TPSA) is 39.1 Å². The van der Waals surface area contributed by atoms with Crippen molar-refractivity contribution in [2.45, 2.75) is 19.9 Å². The van der Waals surface area contributed by atoms with Crippen LogP contribution in [-0.4, -0.2) is 23.4 Å². The number of benzene rings is 1. The van der Waals surface area contributed by atoms with Gasteiger partial charge in [0, 0.05) is 13.6 Å². The molecule has 0 atom stereocenters. The maximum atomic E-state index is 6.21. The SMILES string of the molecule is COc1ccc(CCNCc2c(Cl)c(C)nn2C)cc1. The molecule has 0 fully saturated rings. The molecule has 20 heavy (non-hydrogen) atoms. The van der Waals surface area contributed by atoms with Gasteiger partial charge in [-0.25, -0.2) is 0 Å². The number of hydrogen-bond donors (Lipinski definition) is 1. The van der Waals surface area contributed by atoms with Crippen LogP contribution in [0.2, 0.25) is 5.02 Å². The van der Waals surface area contributed by atoms with Crippen molar-refractivity contribution < 1.29 is 4.74 Å². The monoisotopic (exact) mass is 293 g/mol. The predicted molar refractivity (Wildman–Crippen MR) is 81.4 cm³/mol. The molecular weight excluding hydrogens is 274 g/mol. The van der Waals surface area contributed by atoms with Crippen LogP contribution in [0.1, 0.15) is 17.0 Å². The van der Waals surface area contributed by atoms with Gasteiger partial charge in [-0.1, -0.05) is 23.7 Å². The average Bonchev–Trinajstić information content (AvgIpc) is 2.70. The lowest BCUT2D eigenvalue weighted by atomic mass is 10.1. The molecule has 0 bridgehead atoms. The number of halogens is 1. The molecule has 0 aliphatic carbocycles. The van der Waals surface area contributed by atoms with Crippen molar-refractivity contribution in [3.8, 4) is 5.75 Å². The average molecular weight is 294 g/mol. The molecule has 1 aromatic heterocycles. The van der Waals surface area contributed by atoms with E-state index in [2.05, 4.69) is 22.5 Å². The number of ether oxygens (including phenoxy) is 1. The van der Waals surface area contributed by atoms with Gasteiger partial charge in [0.05, 0.1) is 23.5 Å². The molecule has 0 saturated heterocycles. The van der Waals surface area contributed by atoms with E-state index in [4.69, 9.17) is 16.3 Å². The number of nitrogens with zero attached hydrogens (tertiary/aromatic N) is 2. The largest absolute Gasteiger partial charge is 0.497 e. The van der Waals surface area contributed by atoms with Crippen LogP contribution in [0.5, 0.6) is 5.75 Å². The van der Waals surface area contributed by atoms with Gasteiger partial charge in [-0.05, 0) is 37.6 Å². The van der Waals surface area contributed by atoms with Gasteiger partial charge >= 0.3 is 0 Å². The first-order valence-electron chi connectivity index (χ1n) is 6.63. The smallest absolute Gasteiger partial charge is 0.118 e. The summed E-state index contributed by atoms with van der Waals surface area (Å²) in [6.07, 6.45) is 0.971. The van der Waals surface area contributed by atoms with Gasteiger partial charge in [0.1, 0.15) is 5.75 Å². The number of hydrogen-bond acceptors (Lipinski definition) is 3. The Hall–Kier alpha value is -1.52. The van der Waals surface area contributed by atoms with Gasteiger partial charge in [0.2, 0.25) is 0 Å². The number of nitrogens with one attached hydrogen (secondary N) is 1. The highest BCUT2D eigenvalue weighted by atomic mass is 35.5. The van der Waals surface area contributed by atoms with Crippen molar-refractivity contribution in [2.24, 2.45) is 7.05 Å². The normalized spacial score (nSPS) is 10.8. The lowest BCUT2D eigenvalue weighted by Crippen LogP contribution is -2.18. The minimum atomic E-state index is 0.729. The van der Waals surface area contributed by atoms with Crippen LogP contribution in [0.4, 0.5) is 0 Å². The Balaban J connectivity index is 1.81. The summed E-state index contributed by atoms with van der Waals surface area (Å²) >= 11 is 6.21. The predicted octanol–water partition coefficient (Wildman–Crippen LogP) is 2.72. The molecule has 5 heteroatoms. The number of aromatic nitrogens is 2. The Kier molecular flexibility index (Phi) is 5.04. The van der Waals surface area contributed by atoms with Crippen molar-refractivity contribution in [3.63, 3.8) is 0 Å². The molecule has 1 heterocycles. The zero-order valence-electron chi connectivity index (χ0n) is 12.1. The quantitative estimate of drug-likeness (QED) is 0.833. The highest BCUT2D eigenvalue weighted by molar-refractivity contribution is 6.31. The molecule has 0 amide bonds. The van der Waals surface area contributed by atoms with Crippen LogP contribution in [0.3, 0.4) is 0 Å². The summed E-state index contributed by atoms with van der Waals surface area (Å²) < 4.78 is 6.97. The Morgan fingerprint density at radius 2 is 2.00 bits per heavy atom. The first kappa shape index (κ1) is 14.9. The van der Waals surface area contributed by atoms with Gasteiger partial charge in [0.15, 0.2) is 0 Å². The van der Waals surface area contributed by atoms with Gasteiger partial charge in [-0.3, -0.25) is 4.68 Å². The van der Waals surface area contributed by atoms with E-state index in [0.717, 1.165) is 41.7 Å². The summed E-state index contributed by atoms with van der Waals surface area (Å²) in [5.41, 5.74) is 3.19. The van der Waals surface area contributed by atoms with E-state index < -0.39 is 0 Å². The van der Waals surface area contributed by atoms with Crippen LogP contribution >= 0.6 is 11.6 Å². The van der Waals surface area contributed by atoms with E-state index in [1.54, 1.807) is 7.11 Å². The Bertz CT molecular complexity index is 563. The van der Waals surface area contributed by atoms with Gasteiger partial charge < -0.3 is 10.1 Å². The molecule has 0 radical (unpaired) electrons. The first-order chi connectivity index (χ1) is 9.61. The van der Waals surface area contributed by atoms with Crippen molar-refractivity contribution in [2.75, 3.05) is 13.7 Å². The van der Waals surface area contributed by atoms with E-state index in [-0.39, 0.29) is 0 Å². The third-order valence-electron chi connectivity index (χ3n) is 3.30. The van der Waals surface area contributed by atoms with Crippen LogP contribution in [0.15, 0.2) is 24.3 Å². The van der Waals surface area contributed by atoms with Crippen molar-refractivity contribution in [1.82, 2.24) is 15.1 Å². The fourth-order valence-electron chi connectivity index (χ4n) is 2.10. The standard InChI is InChI=1S/C15H20ClN3O/c1-11-15(16)14(19(2)18-11)10-17-9-8-12-4-6-13(20-3)7-5-12/h4-7,17H,8-10H2,1-3H3. The molecular formula is C15H20ClN3O. The Morgan fingerprint density at radius 1 is 1.30 bits per heavy atom. The first-order valence-corrected chi connectivity index (χ1v) is 7.01. The lowest BCUT2D eigenvalue weighted by molar-refractivity contribution is 0.414. The minimum Gasteiger partial charge on any atom is -0.497 e. The second kappa shape index (κ2) is 6.77. The molecule has 0 unspecified atom stereocenters. The maximum absolute atomic E-state index is 6.21. The molecule has 108 valence electrons. The number of rotatable bonds is 6. The highest BCUT2D eigenvalue weighted by Gasteiger charge is 2.09. The second-order valence-corrected chi connectivity index (χ2v) is 5.12. The van der Waals surface area contributed by atoms with E-state index in [9.17, 15) is 0 Å². The fraction of sp³-hybridized carbons (Fsp3) is 0.400. The molecule has 0 aliphatic rings. The van der Waals surface area contributed by atoms with Crippen LogP contribution in [0, 0.1) is 6.92 Å². The van der Waals surface area contributed by atoms with E-state index in [0.29, 0.717) is 0 Å². The summed E-state index contributed by atoms with van der Waals surface area (Å²) in [7, 11) is 3.59. The van der Waals surface area contributed by atoms with Crippen LogP contribution in [-0.2, 0) is 20.0 Å². The molecule has 1 N–H and O–H groups in total. The Labute approximate surface area is 124 Å². The molecule has 0 saturated carbocycles. The van der Waals surface area contributed by atoms with Gasteiger partial charge in [-0.2, -0.15) is 5.10 Å². The molecule has 2 rings (SSSR count). The summed E-state index contributed by atoms with van der Waals surface area (Å²) in [4.78, 5) is 0. The summed E-state index contributed by atoms with van der Waals surface area (Å²) in [6, 6.07) is 8.14. The Morgan fingerprint density at radius 3 is 2.55 bits per heavy atom. The molecule has 0 aliphatic heterocycles. The fourth-order valence-corrected chi connectivity index (χ4v) is 2.33. The van der Waals surface area contributed by atoms with E-state index >= 15 is 0 Å². The maximum Gasteiger partial charge on any atom is 0.118 e. The van der Waals surface area contributed by atoms with Crippen molar-refractivity contribution in [3.05, 3.63) is 46.2 Å². The minimum absolute atomic E-state index is 0.729. The molecule has 1 aromatic carbocycles. The van der Waals surface area contributed by atoms with Gasteiger partial charge in [-0.15, -0.1) is 0 Å². The van der Waals surface area contributed by atoms with Crippen LogP contribution in [0.25, 0.3) is 0 Å². The van der Waals surface area contributed by atoms with Crippen molar-refractivity contribution in [1.29, 1.82) is 0 Å². The molecule has 0 spiro atoms. The van der Waals surface area contributed by atoms with E-state index in [1.165, 1.54) is 5.56 Å². The summed E-state index contributed by atoms with van der Waals surface area (Å²) in [5, 5.41) is 8.45. The van der Waals surface area contributed by atoms with Gasteiger partial charge in [0.25, 0.3) is 0 Å². The van der Waals surface area contributed by atoms with Crippen molar-refractivity contribution >= 4 is 11.6 Å². The zero-order valence-corrected chi connectivity index (χ0v) is 12.9. The summed E-state index contributed by atoms with van der Waals surface area (Å²) in [6.45, 7) is 3.54. The highest BCUT2D eigenvalue weighted by Crippen LogP contribution is 2.18.